The summed E-state index contributed by atoms with van der Waals surface area (Å²) < 4.78 is 5.56. The van der Waals surface area contributed by atoms with E-state index in [2.05, 4.69) is 4.98 Å². The van der Waals surface area contributed by atoms with Gasteiger partial charge in [-0.1, -0.05) is 17.4 Å². The number of thiazole rings is 1. The fourth-order valence-electron chi connectivity index (χ4n) is 1.43. The first kappa shape index (κ1) is 11.6. The van der Waals surface area contributed by atoms with Gasteiger partial charge < -0.3 is 9.84 Å². The van der Waals surface area contributed by atoms with Gasteiger partial charge in [0, 0.05) is 10.9 Å². The number of benzene rings is 1. The summed E-state index contributed by atoms with van der Waals surface area (Å²) in [4.78, 5) is 15.1. The van der Waals surface area contributed by atoms with Crippen molar-refractivity contribution in [3.63, 3.8) is 0 Å². The molecule has 88 valence electrons. The third-order valence-electron chi connectivity index (χ3n) is 2.31. The van der Waals surface area contributed by atoms with Crippen molar-refractivity contribution in [3.8, 4) is 10.9 Å². The zero-order valence-electron chi connectivity index (χ0n) is 9.43. The van der Waals surface area contributed by atoms with Gasteiger partial charge in [-0.15, -0.1) is 0 Å². The Morgan fingerprint density at radius 1 is 1.41 bits per heavy atom. The number of ether oxygens (including phenoxy) is 1. The second-order valence-electron chi connectivity index (χ2n) is 3.59. The zero-order valence-corrected chi connectivity index (χ0v) is 10.2. The van der Waals surface area contributed by atoms with Crippen LogP contribution in [0.3, 0.4) is 0 Å². The van der Waals surface area contributed by atoms with E-state index < -0.39 is 5.97 Å². The van der Waals surface area contributed by atoms with Crippen LogP contribution in [0.2, 0.25) is 0 Å². The van der Waals surface area contributed by atoms with Crippen LogP contribution in [0.15, 0.2) is 23.6 Å². The molecule has 1 N–H and O–H groups in total. The Labute approximate surface area is 103 Å². The Hall–Kier alpha value is -1.88. The van der Waals surface area contributed by atoms with Gasteiger partial charge in [-0.25, -0.2) is 9.78 Å². The molecule has 0 bridgehead atoms. The lowest BCUT2D eigenvalue weighted by Gasteiger charge is -2.07. The van der Waals surface area contributed by atoms with E-state index in [-0.39, 0.29) is 5.56 Å². The van der Waals surface area contributed by atoms with Crippen molar-refractivity contribution >= 4 is 17.3 Å². The molecule has 0 spiro atoms. The van der Waals surface area contributed by atoms with Crippen molar-refractivity contribution in [2.24, 2.45) is 0 Å². The van der Waals surface area contributed by atoms with Crippen LogP contribution < -0.4 is 4.74 Å². The maximum Gasteiger partial charge on any atom is 0.336 e. The van der Waals surface area contributed by atoms with Crippen molar-refractivity contribution in [1.82, 2.24) is 4.98 Å². The van der Waals surface area contributed by atoms with E-state index >= 15 is 0 Å². The minimum Gasteiger partial charge on any atom is -0.478 e. The molecule has 1 heterocycles. The van der Waals surface area contributed by atoms with Crippen LogP contribution in [-0.4, -0.2) is 16.1 Å². The quantitative estimate of drug-likeness (QED) is 0.907. The van der Waals surface area contributed by atoms with Gasteiger partial charge in [-0.2, -0.15) is 0 Å². The molecule has 0 saturated heterocycles. The zero-order chi connectivity index (χ0) is 12.4. The molecule has 0 atom stereocenters. The summed E-state index contributed by atoms with van der Waals surface area (Å²) in [6, 6.07) is 4.95. The summed E-state index contributed by atoms with van der Waals surface area (Å²) in [5.41, 5.74) is 1.74. The number of hydrogen-bond acceptors (Lipinski definition) is 4. The predicted molar refractivity (Wildman–Crippen MR) is 65.1 cm³/mol. The van der Waals surface area contributed by atoms with Crippen LogP contribution in [0.1, 0.15) is 21.6 Å². The van der Waals surface area contributed by atoms with Gasteiger partial charge in [0.25, 0.3) is 5.19 Å². The number of aromatic nitrogens is 1. The summed E-state index contributed by atoms with van der Waals surface area (Å²) >= 11 is 1.39. The SMILES string of the molecule is Cc1csc(Oc2cccc(C(=O)O)c2C)n1. The van der Waals surface area contributed by atoms with Crippen molar-refractivity contribution in [1.29, 1.82) is 0 Å². The number of aromatic carboxylic acids is 1. The molecule has 1 aromatic heterocycles. The molecule has 2 rings (SSSR count). The lowest BCUT2D eigenvalue weighted by atomic mass is 10.1. The number of rotatable bonds is 3. The van der Waals surface area contributed by atoms with Gasteiger partial charge in [-0.05, 0) is 26.0 Å². The van der Waals surface area contributed by atoms with E-state index in [9.17, 15) is 4.79 Å². The minimum absolute atomic E-state index is 0.246. The highest BCUT2D eigenvalue weighted by atomic mass is 32.1. The van der Waals surface area contributed by atoms with Crippen LogP contribution in [0.5, 0.6) is 10.9 Å². The molecule has 5 heteroatoms. The van der Waals surface area contributed by atoms with E-state index in [1.807, 2.05) is 12.3 Å². The lowest BCUT2D eigenvalue weighted by Crippen LogP contribution is -2.00. The highest BCUT2D eigenvalue weighted by Crippen LogP contribution is 2.29. The first-order chi connectivity index (χ1) is 8.08. The average molecular weight is 249 g/mol. The smallest absolute Gasteiger partial charge is 0.336 e. The summed E-state index contributed by atoms with van der Waals surface area (Å²) in [6.45, 7) is 3.60. The topological polar surface area (TPSA) is 59.4 Å². The van der Waals surface area contributed by atoms with Crippen LogP contribution >= 0.6 is 11.3 Å². The molecule has 17 heavy (non-hydrogen) atoms. The largest absolute Gasteiger partial charge is 0.478 e. The first-order valence-electron chi connectivity index (χ1n) is 5.01. The second-order valence-corrected chi connectivity index (χ2v) is 4.41. The Morgan fingerprint density at radius 3 is 2.76 bits per heavy atom. The fraction of sp³-hybridized carbons (Fsp3) is 0.167. The van der Waals surface area contributed by atoms with Crippen LogP contribution in [0, 0.1) is 13.8 Å². The number of carboxylic acids is 1. The molecule has 0 saturated carbocycles. The number of hydrogen-bond donors (Lipinski definition) is 1. The molecular formula is C12H11NO3S. The van der Waals surface area contributed by atoms with Crippen molar-refractivity contribution in [2.45, 2.75) is 13.8 Å². The number of carboxylic acid groups (broad SMARTS) is 1. The molecule has 0 fully saturated rings. The Kier molecular flexibility index (Phi) is 3.10. The van der Waals surface area contributed by atoms with Crippen molar-refractivity contribution in [3.05, 3.63) is 40.4 Å². The van der Waals surface area contributed by atoms with Crippen LogP contribution in [0.25, 0.3) is 0 Å². The van der Waals surface area contributed by atoms with Crippen molar-refractivity contribution < 1.29 is 14.6 Å². The number of aryl methyl sites for hydroxylation is 1. The monoisotopic (exact) mass is 249 g/mol. The minimum atomic E-state index is -0.955. The van der Waals surface area contributed by atoms with Gasteiger partial charge in [0.05, 0.1) is 11.3 Å². The molecule has 2 aromatic rings. The molecule has 0 aliphatic carbocycles. The molecule has 0 aliphatic rings. The molecule has 0 aliphatic heterocycles. The second kappa shape index (κ2) is 4.55. The Morgan fingerprint density at radius 2 is 2.18 bits per heavy atom. The van der Waals surface area contributed by atoms with Gasteiger partial charge >= 0.3 is 5.97 Å². The Bertz CT molecular complexity index is 563. The standard InChI is InChI=1S/C12H11NO3S/c1-7-6-17-12(13-7)16-10-5-3-4-9(8(10)2)11(14)15/h3-6H,1-2H3,(H,14,15). The summed E-state index contributed by atoms with van der Waals surface area (Å²) in [6.07, 6.45) is 0. The maximum atomic E-state index is 11.0. The van der Waals surface area contributed by atoms with E-state index in [0.29, 0.717) is 16.5 Å². The van der Waals surface area contributed by atoms with E-state index in [0.717, 1.165) is 5.69 Å². The van der Waals surface area contributed by atoms with Crippen molar-refractivity contribution in [2.75, 3.05) is 0 Å². The van der Waals surface area contributed by atoms with E-state index in [4.69, 9.17) is 9.84 Å². The first-order valence-corrected chi connectivity index (χ1v) is 5.89. The number of nitrogens with zero attached hydrogens (tertiary/aromatic N) is 1. The summed E-state index contributed by atoms with van der Waals surface area (Å²) in [5.74, 6) is -0.428. The average Bonchev–Trinajstić information content (AvgIpc) is 2.67. The van der Waals surface area contributed by atoms with Gasteiger partial charge in [0.15, 0.2) is 0 Å². The summed E-state index contributed by atoms with van der Waals surface area (Å²) in [7, 11) is 0. The number of carbonyl (C=O) groups is 1. The molecule has 1 aromatic carbocycles. The van der Waals surface area contributed by atoms with Gasteiger partial charge in [0.2, 0.25) is 0 Å². The predicted octanol–water partition coefficient (Wildman–Crippen LogP) is 3.25. The molecular weight excluding hydrogens is 238 g/mol. The maximum absolute atomic E-state index is 11.0. The van der Waals surface area contributed by atoms with Crippen LogP contribution in [0.4, 0.5) is 0 Å². The third-order valence-corrected chi connectivity index (χ3v) is 3.14. The highest BCUT2D eigenvalue weighted by molar-refractivity contribution is 7.11. The molecule has 0 amide bonds. The normalized spacial score (nSPS) is 10.2. The van der Waals surface area contributed by atoms with Gasteiger partial charge in [-0.3, -0.25) is 0 Å². The molecule has 0 radical (unpaired) electrons. The summed E-state index contributed by atoms with van der Waals surface area (Å²) in [5, 5.41) is 11.4. The van der Waals surface area contributed by atoms with Crippen LogP contribution in [-0.2, 0) is 0 Å². The highest BCUT2D eigenvalue weighted by Gasteiger charge is 2.12. The Balaban J connectivity index is 2.33. The third kappa shape index (κ3) is 2.45. The van der Waals surface area contributed by atoms with E-state index in [1.54, 1.807) is 25.1 Å². The van der Waals surface area contributed by atoms with Gasteiger partial charge in [0.1, 0.15) is 5.75 Å². The molecule has 0 unspecified atom stereocenters. The molecule has 4 nitrogen and oxygen atoms in total. The lowest BCUT2D eigenvalue weighted by molar-refractivity contribution is 0.0695. The van der Waals surface area contributed by atoms with E-state index in [1.165, 1.54) is 11.3 Å². The fourth-order valence-corrected chi connectivity index (χ4v) is 2.09.